The maximum Gasteiger partial charge on any atom is 0.322 e. The minimum absolute atomic E-state index is 0.285. The van der Waals surface area contributed by atoms with Crippen LogP contribution < -0.4 is 0 Å². The molecule has 0 aliphatic rings. The first kappa shape index (κ1) is 12.4. The Labute approximate surface area is 78.9 Å². The van der Waals surface area contributed by atoms with Gasteiger partial charge in [0, 0.05) is 6.26 Å². The van der Waals surface area contributed by atoms with Gasteiger partial charge in [-0.25, -0.2) is 8.42 Å². The summed E-state index contributed by atoms with van der Waals surface area (Å²) in [6.45, 7) is 3.60. The van der Waals surface area contributed by atoms with Crippen LogP contribution in [0.1, 0.15) is 26.7 Å². The molecule has 0 bridgehead atoms. The maximum absolute atomic E-state index is 11.2. The van der Waals surface area contributed by atoms with Gasteiger partial charge < -0.3 is 5.11 Å². The van der Waals surface area contributed by atoms with Crippen LogP contribution in [0.25, 0.3) is 0 Å². The summed E-state index contributed by atoms with van der Waals surface area (Å²) >= 11 is 0. The molecule has 1 unspecified atom stereocenters. The molecule has 0 saturated carbocycles. The molecule has 0 aromatic rings. The van der Waals surface area contributed by atoms with Gasteiger partial charge in [0.1, 0.15) is 0 Å². The predicted octanol–water partition coefficient (Wildman–Crippen LogP) is 0.920. The van der Waals surface area contributed by atoms with Crippen molar-refractivity contribution in [2.45, 2.75) is 31.9 Å². The Bertz CT molecular complexity index is 264. The van der Waals surface area contributed by atoms with Crippen LogP contribution in [0, 0.1) is 5.92 Å². The average Bonchev–Trinajstić information content (AvgIpc) is 1.96. The second-order valence-electron chi connectivity index (χ2n) is 3.16. The molecule has 1 atom stereocenters. The van der Waals surface area contributed by atoms with Gasteiger partial charge in [-0.2, -0.15) is 0 Å². The van der Waals surface area contributed by atoms with Crippen molar-refractivity contribution in [2.24, 2.45) is 5.92 Å². The van der Waals surface area contributed by atoms with Crippen LogP contribution in [0.15, 0.2) is 0 Å². The fourth-order valence-corrected chi connectivity index (χ4v) is 2.90. The smallest absolute Gasteiger partial charge is 0.322 e. The maximum atomic E-state index is 11.2. The molecule has 0 aliphatic carbocycles. The molecule has 0 rings (SSSR count). The van der Waals surface area contributed by atoms with Gasteiger partial charge in [0.05, 0.1) is 0 Å². The highest BCUT2D eigenvalue weighted by Gasteiger charge is 2.34. The summed E-state index contributed by atoms with van der Waals surface area (Å²) in [4.78, 5) is 10.7. The minimum atomic E-state index is -3.49. The zero-order chi connectivity index (χ0) is 10.6. The number of aliphatic carboxylic acids is 1. The Hall–Kier alpha value is -0.580. The predicted molar refractivity (Wildman–Crippen MR) is 50.3 cm³/mol. The zero-order valence-electron chi connectivity index (χ0n) is 8.15. The fourth-order valence-electron chi connectivity index (χ4n) is 1.45. The van der Waals surface area contributed by atoms with Crippen molar-refractivity contribution in [3.8, 4) is 0 Å². The van der Waals surface area contributed by atoms with Gasteiger partial charge in [-0.1, -0.05) is 26.7 Å². The molecular weight excluding hydrogens is 192 g/mol. The van der Waals surface area contributed by atoms with Crippen LogP contribution in [0.3, 0.4) is 0 Å². The standard InChI is InChI=1S/C8H16O4S/c1-4-6(5-2)7(8(9)10)13(3,11)12/h6-7H,4-5H2,1-3H3,(H,9,10). The van der Waals surface area contributed by atoms with E-state index in [9.17, 15) is 13.2 Å². The molecule has 0 radical (unpaired) electrons. The largest absolute Gasteiger partial charge is 0.480 e. The van der Waals surface area contributed by atoms with Crippen molar-refractivity contribution < 1.29 is 18.3 Å². The van der Waals surface area contributed by atoms with Gasteiger partial charge in [-0.3, -0.25) is 4.79 Å². The van der Waals surface area contributed by atoms with Gasteiger partial charge in [0.25, 0.3) is 0 Å². The Morgan fingerprint density at radius 1 is 1.31 bits per heavy atom. The zero-order valence-corrected chi connectivity index (χ0v) is 8.97. The molecule has 0 amide bonds. The van der Waals surface area contributed by atoms with E-state index in [1.54, 1.807) is 13.8 Å². The molecule has 1 N–H and O–H groups in total. The highest BCUT2D eigenvalue weighted by Crippen LogP contribution is 2.19. The van der Waals surface area contributed by atoms with Crippen molar-refractivity contribution >= 4 is 15.8 Å². The van der Waals surface area contributed by atoms with Crippen LogP contribution >= 0.6 is 0 Å². The molecule has 78 valence electrons. The van der Waals surface area contributed by atoms with Gasteiger partial charge in [0.2, 0.25) is 0 Å². The number of carboxylic acids is 1. The van der Waals surface area contributed by atoms with Gasteiger partial charge >= 0.3 is 5.97 Å². The number of carbonyl (C=O) groups is 1. The summed E-state index contributed by atoms with van der Waals surface area (Å²) in [7, 11) is -3.49. The van der Waals surface area contributed by atoms with Gasteiger partial charge in [-0.15, -0.1) is 0 Å². The number of hydrogen-bond donors (Lipinski definition) is 1. The lowest BCUT2D eigenvalue weighted by Crippen LogP contribution is -2.36. The summed E-state index contributed by atoms with van der Waals surface area (Å²) in [5.41, 5.74) is 0. The fraction of sp³-hybridized carbons (Fsp3) is 0.875. The quantitative estimate of drug-likeness (QED) is 0.729. The lowest BCUT2D eigenvalue weighted by atomic mass is 9.99. The first-order valence-electron chi connectivity index (χ1n) is 4.26. The SMILES string of the molecule is CCC(CC)C(C(=O)O)S(C)(=O)=O. The number of carboxylic acid groups (broad SMARTS) is 1. The highest BCUT2D eigenvalue weighted by atomic mass is 32.2. The van der Waals surface area contributed by atoms with Crippen LogP contribution in [0.2, 0.25) is 0 Å². The molecule has 0 aromatic carbocycles. The third-order valence-corrected chi connectivity index (χ3v) is 3.69. The molecule has 0 aromatic heterocycles. The topological polar surface area (TPSA) is 71.4 Å². The monoisotopic (exact) mass is 208 g/mol. The average molecular weight is 208 g/mol. The summed E-state index contributed by atoms with van der Waals surface area (Å²) < 4.78 is 22.3. The normalized spacial score (nSPS) is 14.5. The van der Waals surface area contributed by atoms with Crippen molar-refractivity contribution in [1.82, 2.24) is 0 Å². The van der Waals surface area contributed by atoms with Crippen LogP contribution in [-0.2, 0) is 14.6 Å². The first-order valence-corrected chi connectivity index (χ1v) is 6.21. The third-order valence-electron chi connectivity index (χ3n) is 2.18. The number of sulfone groups is 1. The van der Waals surface area contributed by atoms with Crippen molar-refractivity contribution in [3.63, 3.8) is 0 Å². The molecular formula is C8H16O4S. The Morgan fingerprint density at radius 3 is 1.77 bits per heavy atom. The van der Waals surface area contributed by atoms with E-state index in [1.807, 2.05) is 0 Å². The van der Waals surface area contributed by atoms with E-state index in [1.165, 1.54) is 0 Å². The minimum Gasteiger partial charge on any atom is -0.480 e. The Kier molecular flexibility index (Phi) is 4.39. The summed E-state index contributed by atoms with van der Waals surface area (Å²) in [6, 6.07) is 0. The summed E-state index contributed by atoms with van der Waals surface area (Å²) in [6.07, 6.45) is 2.12. The second-order valence-corrected chi connectivity index (χ2v) is 5.33. The van der Waals surface area contributed by atoms with Crippen molar-refractivity contribution in [3.05, 3.63) is 0 Å². The molecule has 5 heteroatoms. The summed E-state index contributed by atoms with van der Waals surface area (Å²) in [5.74, 6) is -1.52. The van der Waals surface area contributed by atoms with Crippen LogP contribution in [0.5, 0.6) is 0 Å². The van der Waals surface area contributed by atoms with E-state index in [2.05, 4.69) is 0 Å². The van der Waals surface area contributed by atoms with Crippen LogP contribution in [0.4, 0.5) is 0 Å². The number of rotatable bonds is 5. The molecule has 0 saturated heterocycles. The van der Waals surface area contributed by atoms with Gasteiger partial charge in [-0.05, 0) is 5.92 Å². The lowest BCUT2D eigenvalue weighted by Gasteiger charge is -2.19. The highest BCUT2D eigenvalue weighted by molar-refractivity contribution is 7.92. The van der Waals surface area contributed by atoms with E-state index >= 15 is 0 Å². The lowest BCUT2D eigenvalue weighted by molar-refractivity contribution is -0.137. The molecule has 0 spiro atoms. The molecule has 13 heavy (non-hydrogen) atoms. The Morgan fingerprint density at radius 2 is 1.69 bits per heavy atom. The first-order chi connectivity index (χ1) is 5.84. The van der Waals surface area contributed by atoms with Crippen molar-refractivity contribution in [1.29, 1.82) is 0 Å². The molecule has 0 heterocycles. The molecule has 4 nitrogen and oxygen atoms in total. The molecule has 0 aliphatic heterocycles. The summed E-state index contributed by atoms with van der Waals surface area (Å²) in [5, 5.41) is 7.51. The van der Waals surface area contributed by atoms with Crippen molar-refractivity contribution in [2.75, 3.05) is 6.26 Å². The van der Waals surface area contributed by atoms with E-state index in [-0.39, 0.29) is 5.92 Å². The van der Waals surface area contributed by atoms with Gasteiger partial charge in [0.15, 0.2) is 15.1 Å². The van der Waals surface area contributed by atoms with E-state index in [4.69, 9.17) is 5.11 Å². The van der Waals surface area contributed by atoms with E-state index < -0.39 is 21.1 Å². The Balaban J connectivity index is 4.92. The number of hydrogen-bond acceptors (Lipinski definition) is 3. The van der Waals surface area contributed by atoms with Crippen LogP contribution in [-0.4, -0.2) is 31.0 Å². The second kappa shape index (κ2) is 4.60. The molecule has 0 fully saturated rings. The third kappa shape index (κ3) is 3.34. The van der Waals surface area contributed by atoms with E-state index in [0.29, 0.717) is 12.8 Å². The van der Waals surface area contributed by atoms with E-state index in [0.717, 1.165) is 6.26 Å².